The van der Waals surface area contributed by atoms with Crippen molar-refractivity contribution in [2.24, 2.45) is 11.8 Å². The molecule has 1 saturated heterocycles. The van der Waals surface area contributed by atoms with Gasteiger partial charge in [0, 0.05) is 11.0 Å². The average Bonchev–Trinajstić information content (AvgIpc) is 2.44. The molecular weight excluding hydrogens is 378 g/mol. The number of halogens is 1. The predicted molar refractivity (Wildman–Crippen MR) is 95.2 cm³/mol. The molecule has 1 aromatic carbocycles. The molecule has 1 aliphatic heterocycles. The molecule has 0 atom stereocenters. The molecule has 0 aromatic heterocycles. The Morgan fingerprint density at radius 1 is 1.09 bits per heavy atom. The predicted octanol–water partition coefficient (Wildman–Crippen LogP) is 3.54. The van der Waals surface area contributed by atoms with Crippen LogP contribution in [-0.2, 0) is 10.1 Å². The zero-order chi connectivity index (χ0) is 16.4. The standard InChI is InChI=1S/C17H24BrNO3S/c18-17-3-1-15(2-4-17)16-9-14(10-16)11-19-7-5-13(6-8-19)12-23(20,21)22/h1-4,13-14,16H,5-12H2,(H,20,21,22). The highest BCUT2D eigenvalue weighted by Gasteiger charge is 2.32. The van der Waals surface area contributed by atoms with Crippen molar-refractivity contribution in [3.05, 3.63) is 34.3 Å². The Hall–Kier alpha value is -0.430. The zero-order valence-electron chi connectivity index (χ0n) is 13.2. The van der Waals surface area contributed by atoms with Crippen molar-refractivity contribution in [2.75, 3.05) is 25.4 Å². The SMILES string of the molecule is O=S(=O)(O)CC1CCN(CC2CC(c3ccc(Br)cc3)C2)CC1. The largest absolute Gasteiger partial charge is 0.303 e. The van der Waals surface area contributed by atoms with Crippen molar-refractivity contribution < 1.29 is 13.0 Å². The Labute approximate surface area is 147 Å². The second-order valence-corrected chi connectivity index (χ2v) is 9.49. The van der Waals surface area contributed by atoms with Crippen LogP contribution in [0.2, 0.25) is 0 Å². The molecule has 0 amide bonds. The van der Waals surface area contributed by atoms with Crippen molar-refractivity contribution >= 4 is 26.0 Å². The molecule has 0 unspecified atom stereocenters. The monoisotopic (exact) mass is 401 g/mol. The van der Waals surface area contributed by atoms with Gasteiger partial charge in [-0.1, -0.05) is 28.1 Å². The third-order valence-corrected chi connectivity index (χ3v) is 6.67. The minimum atomic E-state index is -3.82. The fourth-order valence-electron chi connectivity index (χ4n) is 3.89. The van der Waals surface area contributed by atoms with Gasteiger partial charge < -0.3 is 4.90 Å². The van der Waals surface area contributed by atoms with E-state index in [0.29, 0.717) is 5.92 Å². The number of benzene rings is 1. The second kappa shape index (κ2) is 7.21. The quantitative estimate of drug-likeness (QED) is 0.766. The molecule has 1 aromatic rings. The lowest BCUT2D eigenvalue weighted by Gasteiger charge is -2.41. The second-order valence-electron chi connectivity index (χ2n) is 7.08. The molecule has 23 heavy (non-hydrogen) atoms. The Morgan fingerprint density at radius 3 is 2.26 bits per heavy atom. The van der Waals surface area contributed by atoms with E-state index in [4.69, 9.17) is 4.55 Å². The van der Waals surface area contributed by atoms with Gasteiger partial charge in [0.05, 0.1) is 5.75 Å². The summed E-state index contributed by atoms with van der Waals surface area (Å²) >= 11 is 3.48. The number of piperidine rings is 1. The average molecular weight is 402 g/mol. The van der Waals surface area contributed by atoms with Crippen LogP contribution in [0.1, 0.15) is 37.2 Å². The highest BCUT2D eigenvalue weighted by molar-refractivity contribution is 9.10. The summed E-state index contributed by atoms with van der Waals surface area (Å²) in [7, 11) is -3.82. The summed E-state index contributed by atoms with van der Waals surface area (Å²) in [6, 6.07) is 8.66. The molecule has 0 radical (unpaired) electrons. The Balaban J connectivity index is 1.39. The molecule has 1 aliphatic carbocycles. The summed E-state index contributed by atoms with van der Waals surface area (Å²) in [6.45, 7) is 3.05. The molecule has 128 valence electrons. The van der Waals surface area contributed by atoms with Crippen LogP contribution < -0.4 is 0 Å². The Bertz CT molecular complexity index is 618. The van der Waals surface area contributed by atoms with Gasteiger partial charge in [-0.15, -0.1) is 0 Å². The van der Waals surface area contributed by atoms with Crippen molar-refractivity contribution in [2.45, 2.75) is 31.6 Å². The van der Waals surface area contributed by atoms with Gasteiger partial charge in [-0.05, 0) is 74.2 Å². The maximum absolute atomic E-state index is 10.9. The van der Waals surface area contributed by atoms with E-state index in [2.05, 4.69) is 45.1 Å². The third-order valence-electron chi connectivity index (χ3n) is 5.25. The fraction of sp³-hybridized carbons (Fsp3) is 0.647. The van der Waals surface area contributed by atoms with E-state index in [1.807, 2.05) is 0 Å². The lowest BCUT2D eigenvalue weighted by atomic mass is 9.71. The first kappa shape index (κ1) is 17.4. The number of hydrogen-bond donors (Lipinski definition) is 1. The van der Waals surface area contributed by atoms with E-state index < -0.39 is 10.1 Å². The summed E-state index contributed by atoms with van der Waals surface area (Å²) in [5.41, 5.74) is 1.44. The summed E-state index contributed by atoms with van der Waals surface area (Å²) in [5, 5.41) is 0. The van der Waals surface area contributed by atoms with Crippen LogP contribution in [0, 0.1) is 11.8 Å². The van der Waals surface area contributed by atoms with Crippen molar-refractivity contribution in [1.82, 2.24) is 4.90 Å². The van der Waals surface area contributed by atoms with Crippen molar-refractivity contribution in [3.63, 3.8) is 0 Å². The first-order valence-electron chi connectivity index (χ1n) is 8.32. The Morgan fingerprint density at radius 2 is 1.70 bits per heavy atom. The van der Waals surface area contributed by atoms with Gasteiger partial charge in [0.25, 0.3) is 10.1 Å². The molecule has 0 bridgehead atoms. The van der Waals surface area contributed by atoms with E-state index in [-0.39, 0.29) is 11.7 Å². The van der Waals surface area contributed by atoms with Crippen LogP contribution in [0.25, 0.3) is 0 Å². The highest BCUT2D eigenvalue weighted by Crippen LogP contribution is 2.42. The molecule has 3 rings (SSSR count). The van der Waals surface area contributed by atoms with Gasteiger partial charge >= 0.3 is 0 Å². The summed E-state index contributed by atoms with van der Waals surface area (Å²) < 4.78 is 32.0. The topological polar surface area (TPSA) is 57.6 Å². The first-order valence-corrected chi connectivity index (χ1v) is 10.7. The minimum absolute atomic E-state index is 0.0735. The number of rotatable bonds is 5. The molecule has 1 heterocycles. The minimum Gasteiger partial charge on any atom is -0.303 e. The van der Waals surface area contributed by atoms with Gasteiger partial charge in [0.15, 0.2) is 0 Å². The summed E-state index contributed by atoms with van der Waals surface area (Å²) in [5.74, 6) is 1.51. The van der Waals surface area contributed by atoms with Gasteiger partial charge in [-0.25, -0.2) is 0 Å². The van der Waals surface area contributed by atoms with Gasteiger partial charge in [0.2, 0.25) is 0 Å². The molecule has 0 spiro atoms. The number of nitrogens with zero attached hydrogens (tertiary/aromatic N) is 1. The molecule has 4 nitrogen and oxygen atoms in total. The van der Waals surface area contributed by atoms with Gasteiger partial charge in [-0.3, -0.25) is 4.55 Å². The maximum Gasteiger partial charge on any atom is 0.265 e. The van der Waals surface area contributed by atoms with Crippen LogP contribution in [0.4, 0.5) is 0 Å². The number of likely N-dealkylation sites (tertiary alicyclic amines) is 1. The van der Waals surface area contributed by atoms with Crippen LogP contribution >= 0.6 is 15.9 Å². The molecule has 1 N–H and O–H groups in total. The fourth-order valence-corrected chi connectivity index (χ4v) is 5.08. The van der Waals surface area contributed by atoms with Crippen molar-refractivity contribution in [3.8, 4) is 0 Å². The Kier molecular flexibility index (Phi) is 5.46. The molecule has 2 aliphatic rings. The molecule has 2 fully saturated rings. The van der Waals surface area contributed by atoms with Crippen molar-refractivity contribution in [1.29, 1.82) is 0 Å². The van der Waals surface area contributed by atoms with Crippen LogP contribution in [0.15, 0.2) is 28.7 Å². The van der Waals surface area contributed by atoms with E-state index in [0.717, 1.165) is 42.9 Å². The summed E-state index contributed by atoms with van der Waals surface area (Å²) in [6.07, 6.45) is 4.27. The lowest BCUT2D eigenvalue weighted by molar-refractivity contribution is 0.124. The molecule has 1 saturated carbocycles. The highest BCUT2D eigenvalue weighted by atomic mass is 79.9. The smallest absolute Gasteiger partial charge is 0.265 e. The third kappa shape index (κ3) is 5.02. The lowest BCUT2D eigenvalue weighted by Crippen LogP contribution is -2.41. The normalized spacial score (nSPS) is 26.9. The van der Waals surface area contributed by atoms with E-state index in [9.17, 15) is 8.42 Å². The van der Waals surface area contributed by atoms with E-state index >= 15 is 0 Å². The zero-order valence-corrected chi connectivity index (χ0v) is 15.6. The van der Waals surface area contributed by atoms with E-state index in [1.54, 1.807) is 0 Å². The van der Waals surface area contributed by atoms with E-state index in [1.165, 1.54) is 18.4 Å². The molecular formula is C17H24BrNO3S. The van der Waals surface area contributed by atoms with Crippen LogP contribution in [-0.4, -0.2) is 43.3 Å². The van der Waals surface area contributed by atoms with Crippen LogP contribution in [0.5, 0.6) is 0 Å². The van der Waals surface area contributed by atoms with Crippen LogP contribution in [0.3, 0.4) is 0 Å². The summed E-state index contributed by atoms with van der Waals surface area (Å²) in [4.78, 5) is 2.46. The van der Waals surface area contributed by atoms with Gasteiger partial charge in [-0.2, -0.15) is 8.42 Å². The van der Waals surface area contributed by atoms with Gasteiger partial charge in [0.1, 0.15) is 0 Å². The maximum atomic E-state index is 10.9. The number of hydrogen-bond acceptors (Lipinski definition) is 3. The first-order chi connectivity index (χ1) is 10.9. The molecule has 6 heteroatoms.